The van der Waals surface area contributed by atoms with E-state index >= 15 is 0 Å². The van der Waals surface area contributed by atoms with E-state index in [0.717, 1.165) is 37.6 Å². The van der Waals surface area contributed by atoms with Gasteiger partial charge in [0.25, 0.3) is 0 Å². The zero-order valence-corrected chi connectivity index (χ0v) is 14.4. The molecule has 23 heavy (non-hydrogen) atoms. The summed E-state index contributed by atoms with van der Waals surface area (Å²) in [6.07, 6.45) is 9.96. The number of aryl methyl sites for hydroxylation is 1. The highest BCUT2D eigenvalue weighted by Crippen LogP contribution is 2.28. The van der Waals surface area contributed by atoms with Crippen LogP contribution in [0.25, 0.3) is 0 Å². The SMILES string of the molecule is O=C(CSc1n[nH]c(CCC2CCCC2)n1)NCC1CCCO1. The van der Waals surface area contributed by atoms with Crippen LogP contribution in [0.4, 0.5) is 0 Å². The molecular weight excluding hydrogens is 312 g/mol. The molecule has 1 saturated carbocycles. The number of thioether (sulfide) groups is 1. The van der Waals surface area contributed by atoms with Crippen LogP contribution in [0, 0.1) is 5.92 Å². The second kappa shape index (κ2) is 8.68. The molecule has 1 saturated heterocycles. The van der Waals surface area contributed by atoms with Crippen molar-refractivity contribution >= 4 is 17.7 Å². The van der Waals surface area contributed by atoms with Gasteiger partial charge in [0.15, 0.2) is 0 Å². The van der Waals surface area contributed by atoms with Crippen molar-refractivity contribution in [3.63, 3.8) is 0 Å². The van der Waals surface area contributed by atoms with Crippen molar-refractivity contribution in [2.24, 2.45) is 5.92 Å². The van der Waals surface area contributed by atoms with Gasteiger partial charge in [0.2, 0.25) is 11.1 Å². The van der Waals surface area contributed by atoms with Gasteiger partial charge in [-0.05, 0) is 25.2 Å². The molecule has 2 fully saturated rings. The standard InChI is InChI=1S/C16H26N4O2S/c21-15(17-10-13-6-3-9-22-13)11-23-16-18-14(19-20-16)8-7-12-4-1-2-5-12/h12-13H,1-11H2,(H,17,21)(H,18,19,20). The Bertz CT molecular complexity index is 496. The van der Waals surface area contributed by atoms with E-state index in [0.29, 0.717) is 17.5 Å². The molecule has 6 nitrogen and oxygen atoms in total. The van der Waals surface area contributed by atoms with Crippen LogP contribution < -0.4 is 5.32 Å². The summed E-state index contributed by atoms with van der Waals surface area (Å²) in [5.41, 5.74) is 0. The molecule has 1 aromatic rings. The Morgan fingerprint density at radius 1 is 1.30 bits per heavy atom. The first-order chi connectivity index (χ1) is 11.3. The number of nitrogens with zero attached hydrogens (tertiary/aromatic N) is 2. The summed E-state index contributed by atoms with van der Waals surface area (Å²) >= 11 is 1.38. The van der Waals surface area contributed by atoms with Gasteiger partial charge in [0.1, 0.15) is 5.82 Å². The van der Waals surface area contributed by atoms with Crippen molar-refractivity contribution in [1.82, 2.24) is 20.5 Å². The van der Waals surface area contributed by atoms with E-state index in [-0.39, 0.29) is 12.0 Å². The summed E-state index contributed by atoms with van der Waals surface area (Å²) in [5, 5.41) is 10.8. The first-order valence-electron chi connectivity index (χ1n) is 8.72. The van der Waals surface area contributed by atoms with Crippen molar-refractivity contribution in [1.29, 1.82) is 0 Å². The van der Waals surface area contributed by atoms with Crippen LogP contribution in [0.1, 0.15) is 50.8 Å². The van der Waals surface area contributed by atoms with Crippen molar-refractivity contribution in [2.45, 2.75) is 62.6 Å². The predicted octanol–water partition coefficient (Wildman–Crippen LogP) is 2.31. The third-order valence-electron chi connectivity index (χ3n) is 4.66. The summed E-state index contributed by atoms with van der Waals surface area (Å²) < 4.78 is 5.49. The highest BCUT2D eigenvalue weighted by Gasteiger charge is 2.17. The minimum atomic E-state index is 0.0165. The molecular formula is C16H26N4O2S. The molecule has 0 aromatic carbocycles. The number of carbonyl (C=O) groups is 1. The average Bonchev–Trinajstić information content (AvgIpc) is 3.31. The summed E-state index contributed by atoms with van der Waals surface area (Å²) in [6.45, 7) is 1.43. The fourth-order valence-corrected chi connectivity index (χ4v) is 3.96. The zero-order chi connectivity index (χ0) is 15.9. The number of aromatic amines is 1. The second-order valence-corrected chi connectivity index (χ2v) is 7.42. The van der Waals surface area contributed by atoms with E-state index in [1.165, 1.54) is 43.9 Å². The van der Waals surface area contributed by atoms with E-state index in [2.05, 4.69) is 20.5 Å². The van der Waals surface area contributed by atoms with Gasteiger partial charge >= 0.3 is 0 Å². The van der Waals surface area contributed by atoms with Crippen LogP contribution in [0.15, 0.2) is 5.16 Å². The Labute approximate surface area is 141 Å². The molecule has 1 aromatic heterocycles. The Morgan fingerprint density at radius 2 is 2.17 bits per heavy atom. The van der Waals surface area contributed by atoms with Gasteiger partial charge in [0, 0.05) is 19.6 Å². The van der Waals surface area contributed by atoms with Gasteiger partial charge in [-0.2, -0.15) is 0 Å². The maximum absolute atomic E-state index is 11.8. The summed E-state index contributed by atoms with van der Waals surface area (Å²) in [4.78, 5) is 16.3. The second-order valence-electron chi connectivity index (χ2n) is 6.48. The molecule has 1 amide bonds. The van der Waals surface area contributed by atoms with E-state index < -0.39 is 0 Å². The first kappa shape index (κ1) is 16.8. The number of amides is 1. The van der Waals surface area contributed by atoms with E-state index in [9.17, 15) is 4.79 Å². The van der Waals surface area contributed by atoms with Crippen LogP contribution in [0.5, 0.6) is 0 Å². The number of hydrogen-bond acceptors (Lipinski definition) is 5. The number of ether oxygens (including phenoxy) is 1. The van der Waals surface area contributed by atoms with Gasteiger partial charge < -0.3 is 10.1 Å². The number of carbonyl (C=O) groups excluding carboxylic acids is 1. The van der Waals surface area contributed by atoms with Crippen LogP contribution in [-0.2, 0) is 16.0 Å². The molecule has 128 valence electrons. The molecule has 1 atom stereocenters. The topological polar surface area (TPSA) is 79.9 Å². The first-order valence-corrected chi connectivity index (χ1v) is 9.70. The van der Waals surface area contributed by atoms with Crippen LogP contribution >= 0.6 is 11.8 Å². The normalized spacial score (nSPS) is 21.8. The monoisotopic (exact) mass is 338 g/mol. The zero-order valence-electron chi connectivity index (χ0n) is 13.6. The van der Waals surface area contributed by atoms with Crippen LogP contribution in [-0.4, -0.2) is 46.1 Å². The van der Waals surface area contributed by atoms with Crippen molar-refractivity contribution in [3.8, 4) is 0 Å². The lowest BCUT2D eigenvalue weighted by atomic mass is 10.0. The summed E-state index contributed by atoms with van der Waals surface area (Å²) in [6, 6.07) is 0. The van der Waals surface area contributed by atoms with Gasteiger partial charge in [-0.15, -0.1) is 5.10 Å². The van der Waals surface area contributed by atoms with Crippen LogP contribution in [0.3, 0.4) is 0 Å². The van der Waals surface area contributed by atoms with Crippen LogP contribution in [0.2, 0.25) is 0 Å². The van der Waals surface area contributed by atoms with E-state index in [4.69, 9.17) is 4.74 Å². The Morgan fingerprint density at radius 3 is 2.96 bits per heavy atom. The molecule has 3 rings (SSSR count). The lowest BCUT2D eigenvalue weighted by Gasteiger charge is -2.09. The van der Waals surface area contributed by atoms with Gasteiger partial charge in [-0.1, -0.05) is 37.4 Å². The number of nitrogens with one attached hydrogen (secondary N) is 2. The van der Waals surface area contributed by atoms with Gasteiger partial charge in [0.05, 0.1) is 11.9 Å². The maximum atomic E-state index is 11.8. The Balaban J connectivity index is 1.32. The predicted molar refractivity (Wildman–Crippen MR) is 89.4 cm³/mol. The summed E-state index contributed by atoms with van der Waals surface area (Å²) in [7, 11) is 0. The minimum absolute atomic E-state index is 0.0165. The molecule has 0 bridgehead atoms. The third kappa shape index (κ3) is 5.49. The minimum Gasteiger partial charge on any atom is -0.376 e. The molecule has 0 spiro atoms. The molecule has 1 aliphatic heterocycles. The molecule has 2 aliphatic rings. The smallest absolute Gasteiger partial charge is 0.230 e. The Kier molecular flexibility index (Phi) is 6.33. The van der Waals surface area contributed by atoms with Gasteiger partial charge in [-0.25, -0.2) is 4.98 Å². The lowest BCUT2D eigenvalue weighted by Crippen LogP contribution is -2.32. The Hall–Kier alpha value is -1.08. The quantitative estimate of drug-likeness (QED) is 0.711. The number of H-pyrrole nitrogens is 1. The fourth-order valence-electron chi connectivity index (χ4n) is 3.31. The highest BCUT2D eigenvalue weighted by molar-refractivity contribution is 7.99. The average molecular weight is 338 g/mol. The maximum Gasteiger partial charge on any atom is 0.230 e. The third-order valence-corrected chi connectivity index (χ3v) is 5.51. The molecule has 1 aliphatic carbocycles. The largest absolute Gasteiger partial charge is 0.376 e. The van der Waals surface area contributed by atoms with Crippen molar-refractivity contribution in [2.75, 3.05) is 18.9 Å². The number of hydrogen-bond donors (Lipinski definition) is 2. The van der Waals surface area contributed by atoms with E-state index in [1.54, 1.807) is 0 Å². The van der Waals surface area contributed by atoms with Crippen molar-refractivity contribution < 1.29 is 9.53 Å². The molecule has 2 heterocycles. The summed E-state index contributed by atoms with van der Waals surface area (Å²) in [5.74, 6) is 2.17. The lowest BCUT2D eigenvalue weighted by molar-refractivity contribution is -0.119. The molecule has 1 unspecified atom stereocenters. The molecule has 7 heteroatoms. The molecule has 0 radical (unpaired) electrons. The number of aromatic nitrogens is 3. The van der Waals surface area contributed by atoms with Crippen molar-refractivity contribution in [3.05, 3.63) is 5.82 Å². The highest BCUT2D eigenvalue weighted by atomic mass is 32.2. The van der Waals surface area contributed by atoms with Gasteiger partial charge in [-0.3, -0.25) is 9.89 Å². The van der Waals surface area contributed by atoms with E-state index in [1.807, 2.05) is 0 Å². The molecule has 2 N–H and O–H groups in total. The fraction of sp³-hybridized carbons (Fsp3) is 0.812. The number of rotatable bonds is 8.